The van der Waals surface area contributed by atoms with Crippen LogP contribution >= 0.6 is 11.6 Å². The predicted molar refractivity (Wildman–Crippen MR) is 103 cm³/mol. The first-order chi connectivity index (χ1) is 12.9. The Morgan fingerprint density at radius 1 is 1.33 bits per heavy atom. The molecule has 0 aliphatic heterocycles. The van der Waals surface area contributed by atoms with Crippen molar-refractivity contribution in [1.29, 1.82) is 0 Å². The highest BCUT2D eigenvalue weighted by Gasteiger charge is 2.33. The summed E-state index contributed by atoms with van der Waals surface area (Å²) in [4.78, 5) is 15.2. The van der Waals surface area contributed by atoms with Crippen molar-refractivity contribution in [3.05, 3.63) is 17.3 Å². The number of aromatic nitrogens is 1. The molecule has 2 unspecified atom stereocenters. The van der Waals surface area contributed by atoms with E-state index in [1.54, 1.807) is 12.3 Å². The number of pyridine rings is 1. The van der Waals surface area contributed by atoms with Crippen LogP contribution in [0.5, 0.6) is 11.6 Å². The van der Waals surface area contributed by atoms with Crippen molar-refractivity contribution in [2.45, 2.75) is 52.2 Å². The van der Waals surface area contributed by atoms with Crippen LogP contribution in [-0.4, -0.2) is 42.9 Å². The Hall–Kier alpha value is -1.53. The van der Waals surface area contributed by atoms with Crippen LogP contribution in [0.3, 0.4) is 0 Å². The van der Waals surface area contributed by atoms with Crippen LogP contribution in [0, 0.1) is 17.8 Å². The number of rotatable bonds is 10. The predicted octanol–water partition coefficient (Wildman–Crippen LogP) is 3.47. The van der Waals surface area contributed by atoms with Crippen LogP contribution in [0.4, 0.5) is 0 Å². The summed E-state index contributed by atoms with van der Waals surface area (Å²) >= 11 is 6.38. The molecule has 0 aromatic carbocycles. The van der Waals surface area contributed by atoms with Gasteiger partial charge in [-0.15, -0.1) is 0 Å². The van der Waals surface area contributed by atoms with Crippen LogP contribution in [0.15, 0.2) is 12.3 Å². The maximum Gasteiger partial charge on any atom is 0.236 e. The fraction of sp³-hybridized carbons (Fsp3) is 0.700. The van der Waals surface area contributed by atoms with Gasteiger partial charge in [-0.05, 0) is 43.9 Å². The molecule has 150 valence electrons. The lowest BCUT2D eigenvalue weighted by Crippen LogP contribution is -2.40. The number of carbonyl (C=O) groups excluding carboxylic acids is 1. The Morgan fingerprint density at radius 3 is 2.74 bits per heavy atom. The molecular weight excluding hydrogens is 368 g/mol. The lowest BCUT2D eigenvalue weighted by molar-refractivity contribution is -0.120. The first-order valence-electron chi connectivity index (χ1n) is 9.71. The second-order valence-corrected chi connectivity index (χ2v) is 8.30. The Balaban J connectivity index is 1.35. The third-order valence-electron chi connectivity index (χ3n) is 5.23. The monoisotopic (exact) mass is 396 g/mol. The largest absolute Gasteiger partial charge is 0.491 e. The highest BCUT2D eigenvalue weighted by molar-refractivity contribution is 6.33. The van der Waals surface area contributed by atoms with Crippen molar-refractivity contribution in [3.63, 3.8) is 0 Å². The SMILES string of the molecule is CC(=O)N[C@@H](C)CO[C@H]1C[C@H](COc2nccc(OCC3CC3C)c2Cl)C1. The third-order valence-corrected chi connectivity index (χ3v) is 5.58. The fourth-order valence-corrected chi connectivity index (χ4v) is 3.48. The zero-order chi connectivity index (χ0) is 19.4. The maximum atomic E-state index is 11.0. The van der Waals surface area contributed by atoms with Gasteiger partial charge in [-0.3, -0.25) is 4.79 Å². The molecule has 0 radical (unpaired) electrons. The zero-order valence-electron chi connectivity index (χ0n) is 16.2. The summed E-state index contributed by atoms with van der Waals surface area (Å²) in [7, 11) is 0. The van der Waals surface area contributed by atoms with E-state index in [2.05, 4.69) is 17.2 Å². The number of nitrogens with zero attached hydrogens (tertiary/aromatic N) is 1. The first-order valence-corrected chi connectivity index (χ1v) is 10.1. The third kappa shape index (κ3) is 5.98. The minimum absolute atomic E-state index is 0.0298. The van der Waals surface area contributed by atoms with Crippen molar-refractivity contribution in [2.24, 2.45) is 17.8 Å². The summed E-state index contributed by atoms with van der Waals surface area (Å²) < 4.78 is 17.4. The molecule has 0 saturated heterocycles. The van der Waals surface area contributed by atoms with E-state index in [4.69, 9.17) is 25.8 Å². The molecule has 1 amide bonds. The fourth-order valence-electron chi connectivity index (χ4n) is 3.26. The average Bonchev–Trinajstić information content (AvgIpc) is 3.28. The lowest BCUT2D eigenvalue weighted by Gasteiger charge is -2.35. The van der Waals surface area contributed by atoms with Gasteiger partial charge in [-0.25, -0.2) is 4.98 Å². The van der Waals surface area contributed by atoms with Crippen LogP contribution in [-0.2, 0) is 9.53 Å². The average molecular weight is 397 g/mol. The molecule has 3 rings (SSSR count). The van der Waals surface area contributed by atoms with Crippen LogP contribution in [0.1, 0.15) is 40.0 Å². The second kappa shape index (κ2) is 9.11. The van der Waals surface area contributed by atoms with E-state index in [0.717, 1.165) is 18.8 Å². The van der Waals surface area contributed by atoms with Crippen molar-refractivity contribution in [3.8, 4) is 11.6 Å². The Labute approximate surface area is 165 Å². The molecular formula is C20H29ClN2O4. The Bertz CT molecular complexity index is 651. The zero-order valence-corrected chi connectivity index (χ0v) is 17.0. The van der Waals surface area contributed by atoms with Gasteiger partial charge >= 0.3 is 0 Å². The van der Waals surface area contributed by atoms with E-state index >= 15 is 0 Å². The van der Waals surface area contributed by atoms with Crippen LogP contribution in [0.2, 0.25) is 5.02 Å². The summed E-state index contributed by atoms with van der Waals surface area (Å²) in [6.07, 6.45) is 5.01. The number of hydrogen-bond donors (Lipinski definition) is 1. The molecule has 0 spiro atoms. The number of amides is 1. The highest BCUT2D eigenvalue weighted by Crippen LogP contribution is 2.40. The standard InChI is InChI=1S/C20H29ClN2O4/c1-12-6-16(12)11-26-18-4-5-22-20(19(18)21)27-10-15-7-17(8-15)25-9-13(2)23-14(3)24/h4-5,12-13,15-17H,6-11H2,1-3H3,(H,23,24)/t12?,13-,15-,16?,17-/m0/s1. The normalized spacial score (nSPS) is 27.4. The second-order valence-electron chi connectivity index (χ2n) is 7.92. The summed E-state index contributed by atoms with van der Waals surface area (Å²) in [5.41, 5.74) is 0. The van der Waals surface area contributed by atoms with Gasteiger partial charge in [0.15, 0.2) is 0 Å². The molecule has 7 heteroatoms. The number of nitrogens with one attached hydrogen (secondary N) is 1. The molecule has 1 heterocycles. The Kier molecular flexibility index (Phi) is 6.82. The number of hydrogen-bond acceptors (Lipinski definition) is 5. The Morgan fingerprint density at radius 2 is 2.07 bits per heavy atom. The van der Waals surface area contributed by atoms with Gasteiger partial charge in [0.25, 0.3) is 0 Å². The van der Waals surface area contributed by atoms with E-state index in [1.807, 2.05) is 6.92 Å². The van der Waals surface area contributed by atoms with Gasteiger partial charge in [0, 0.05) is 25.2 Å². The molecule has 3 atom stereocenters. The molecule has 2 aliphatic rings. The minimum Gasteiger partial charge on any atom is -0.491 e. The summed E-state index contributed by atoms with van der Waals surface area (Å²) in [6.45, 7) is 7.48. The van der Waals surface area contributed by atoms with Crippen molar-refractivity contribution < 1.29 is 19.0 Å². The van der Waals surface area contributed by atoms with Crippen molar-refractivity contribution in [1.82, 2.24) is 10.3 Å². The minimum atomic E-state index is -0.0341. The molecule has 2 aliphatic carbocycles. The quantitative estimate of drug-likeness (QED) is 0.655. The molecule has 1 aromatic rings. The maximum absolute atomic E-state index is 11.0. The molecule has 1 aromatic heterocycles. The summed E-state index contributed by atoms with van der Waals surface area (Å²) in [5, 5.41) is 3.26. The van der Waals surface area contributed by atoms with E-state index in [-0.39, 0.29) is 18.1 Å². The molecule has 27 heavy (non-hydrogen) atoms. The number of ether oxygens (including phenoxy) is 3. The molecule has 1 N–H and O–H groups in total. The summed E-state index contributed by atoms with van der Waals surface area (Å²) in [6, 6.07) is 1.81. The summed E-state index contributed by atoms with van der Waals surface area (Å²) in [5.74, 6) is 2.86. The smallest absolute Gasteiger partial charge is 0.236 e. The van der Waals surface area contributed by atoms with E-state index in [9.17, 15) is 4.79 Å². The van der Waals surface area contributed by atoms with E-state index in [0.29, 0.717) is 48.3 Å². The van der Waals surface area contributed by atoms with E-state index < -0.39 is 0 Å². The van der Waals surface area contributed by atoms with Gasteiger partial charge < -0.3 is 19.5 Å². The van der Waals surface area contributed by atoms with Gasteiger partial charge in [0.1, 0.15) is 10.8 Å². The van der Waals surface area contributed by atoms with Crippen molar-refractivity contribution >= 4 is 17.5 Å². The highest BCUT2D eigenvalue weighted by atomic mass is 35.5. The van der Waals surface area contributed by atoms with Crippen LogP contribution in [0.25, 0.3) is 0 Å². The van der Waals surface area contributed by atoms with Gasteiger partial charge in [0.05, 0.1) is 25.9 Å². The van der Waals surface area contributed by atoms with Crippen LogP contribution < -0.4 is 14.8 Å². The number of carbonyl (C=O) groups is 1. The molecule has 2 fully saturated rings. The first kappa shape index (κ1) is 20.2. The molecule has 2 saturated carbocycles. The van der Waals surface area contributed by atoms with Gasteiger partial charge in [0.2, 0.25) is 11.8 Å². The van der Waals surface area contributed by atoms with E-state index in [1.165, 1.54) is 13.3 Å². The molecule has 6 nitrogen and oxygen atoms in total. The topological polar surface area (TPSA) is 69.7 Å². The van der Waals surface area contributed by atoms with Crippen molar-refractivity contribution in [2.75, 3.05) is 19.8 Å². The van der Waals surface area contributed by atoms with Gasteiger partial charge in [-0.2, -0.15) is 0 Å². The number of halogens is 1. The lowest BCUT2D eigenvalue weighted by atomic mass is 9.83. The molecule has 0 bridgehead atoms. The van der Waals surface area contributed by atoms with Gasteiger partial charge in [-0.1, -0.05) is 18.5 Å².